The van der Waals surface area contributed by atoms with Crippen molar-refractivity contribution in [3.05, 3.63) is 56.0 Å². The summed E-state index contributed by atoms with van der Waals surface area (Å²) in [6.45, 7) is 1.55. The monoisotopic (exact) mass is 277 g/mol. The summed E-state index contributed by atoms with van der Waals surface area (Å²) in [6, 6.07) is 5.73. The molecule has 8 nitrogen and oxygen atoms in total. The fourth-order valence-corrected chi connectivity index (χ4v) is 1.92. The number of nitrogens with one attached hydrogen (secondary N) is 1. The summed E-state index contributed by atoms with van der Waals surface area (Å²) in [4.78, 5) is 33.2. The third kappa shape index (κ3) is 2.30. The molecular formula is C12H11N3O5. The molecule has 0 bridgehead atoms. The number of nitrogens with zero attached hydrogens (tertiary/aromatic N) is 2. The van der Waals surface area contributed by atoms with E-state index in [4.69, 9.17) is 5.11 Å². The van der Waals surface area contributed by atoms with Gasteiger partial charge in [0.1, 0.15) is 5.69 Å². The molecule has 0 saturated carbocycles. The van der Waals surface area contributed by atoms with Crippen molar-refractivity contribution < 1.29 is 14.8 Å². The van der Waals surface area contributed by atoms with Gasteiger partial charge in [0.05, 0.1) is 16.9 Å². The van der Waals surface area contributed by atoms with Gasteiger partial charge in [-0.15, -0.1) is 0 Å². The number of rotatable bonds is 4. The molecule has 0 aliphatic rings. The van der Waals surface area contributed by atoms with E-state index >= 15 is 0 Å². The van der Waals surface area contributed by atoms with E-state index in [1.165, 1.54) is 18.2 Å². The predicted molar refractivity (Wildman–Crippen MR) is 69.1 cm³/mol. The number of nitro groups is 1. The van der Waals surface area contributed by atoms with E-state index in [0.717, 1.165) is 4.68 Å². The van der Waals surface area contributed by atoms with Gasteiger partial charge >= 0.3 is 5.97 Å². The average Bonchev–Trinajstić information content (AvgIpc) is 2.66. The second kappa shape index (κ2) is 5.00. The number of para-hydroxylation sites is 2. The number of hydrogen-bond donors (Lipinski definition) is 2. The van der Waals surface area contributed by atoms with Gasteiger partial charge in [-0.05, 0) is 13.0 Å². The number of carbonyl (C=O) groups is 1. The summed E-state index contributed by atoms with van der Waals surface area (Å²) < 4.78 is 0.992. The molecule has 0 aliphatic carbocycles. The Morgan fingerprint density at radius 1 is 1.45 bits per heavy atom. The van der Waals surface area contributed by atoms with E-state index < -0.39 is 22.9 Å². The predicted octanol–water partition coefficient (Wildman–Crippen LogP) is 1.01. The van der Waals surface area contributed by atoms with E-state index in [1.807, 2.05) is 0 Å². The van der Waals surface area contributed by atoms with E-state index in [0.29, 0.717) is 5.69 Å². The Bertz CT molecular complexity index is 744. The van der Waals surface area contributed by atoms with Crippen LogP contribution < -0.4 is 5.56 Å². The summed E-state index contributed by atoms with van der Waals surface area (Å²) in [6.07, 6.45) is -0.436. The van der Waals surface area contributed by atoms with Gasteiger partial charge < -0.3 is 5.11 Å². The lowest BCUT2D eigenvalue weighted by Crippen LogP contribution is -2.20. The normalized spacial score (nSPS) is 10.4. The first-order chi connectivity index (χ1) is 9.41. The summed E-state index contributed by atoms with van der Waals surface area (Å²) in [7, 11) is 0. The molecule has 104 valence electrons. The number of aromatic amines is 1. The molecule has 2 aromatic rings. The third-order valence-corrected chi connectivity index (χ3v) is 2.84. The number of aromatic nitrogens is 2. The standard InChI is InChI=1S/C12H11N3O5/c1-7-8(6-11(16)17)12(18)14(13-7)9-4-2-3-5-10(9)15(19)20/h2-5,13H,6H2,1H3,(H,16,17). The number of hydrogen-bond acceptors (Lipinski definition) is 4. The maximum atomic E-state index is 12.1. The number of aliphatic carboxylic acids is 1. The molecule has 0 atom stereocenters. The number of nitro benzene ring substituents is 1. The lowest BCUT2D eigenvalue weighted by atomic mass is 10.2. The molecule has 0 amide bonds. The van der Waals surface area contributed by atoms with Crippen LogP contribution >= 0.6 is 0 Å². The van der Waals surface area contributed by atoms with Crippen LogP contribution in [0.3, 0.4) is 0 Å². The summed E-state index contributed by atoms with van der Waals surface area (Å²) in [5, 5.41) is 22.4. The molecule has 8 heteroatoms. The van der Waals surface area contributed by atoms with Crippen LogP contribution in [0.25, 0.3) is 5.69 Å². The van der Waals surface area contributed by atoms with Crippen molar-refractivity contribution >= 4 is 11.7 Å². The van der Waals surface area contributed by atoms with E-state index in [9.17, 15) is 19.7 Å². The van der Waals surface area contributed by atoms with Crippen LogP contribution in [-0.2, 0) is 11.2 Å². The molecule has 1 heterocycles. The first-order valence-corrected chi connectivity index (χ1v) is 5.68. The molecule has 0 unspecified atom stereocenters. The minimum atomic E-state index is -1.14. The fraction of sp³-hybridized carbons (Fsp3) is 0.167. The molecule has 0 saturated heterocycles. The molecule has 0 spiro atoms. The van der Waals surface area contributed by atoms with Gasteiger partial charge in [0, 0.05) is 11.8 Å². The molecule has 2 N–H and O–H groups in total. The van der Waals surface area contributed by atoms with Crippen LogP contribution in [0, 0.1) is 17.0 Å². The Labute approximate surface area is 112 Å². The van der Waals surface area contributed by atoms with E-state index in [-0.39, 0.29) is 16.9 Å². The number of aryl methyl sites for hydroxylation is 1. The van der Waals surface area contributed by atoms with E-state index in [2.05, 4.69) is 5.10 Å². The minimum Gasteiger partial charge on any atom is -0.481 e. The Balaban J connectivity index is 2.64. The highest BCUT2D eigenvalue weighted by molar-refractivity contribution is 5.70. The SMILES string of the molecule is Cc1[nH]n(-c2ccccc2[N+](=O)[O-])c(=O)c1CC(=O)O. The Kier molecular flexibility index (Phi) is 3.38. The van der Waals surface area contributed by atoms with Gasteiger partial charge in [0.2, 0.25) is 0 Å². The van der Waals surface area contributed by atoms with E-state index in [1.54, 1.807) is 13.0 Å². The Hall–Kier alpha value is -2.90. The van der Waals surface area contributed by atoms with Gasteiger partial charge in [-0.2, -0.15) is 0 Å². The number of H-pyrrole nitrogens is 1. The summed E-state index contributed by atoms with van der Waals surface area (Å²) >= 11 is 0. The van der Waals surface area contributed by atoms with Gasteiger partial charge in [0.15, 0.2) is 0 Å². The zero-order valence-electron chi connectivity index (χ0n) is 10.5. The summed E-state index contributed by atoms with van der Waals surface area (Å²) in [5.41, 5.74) is -0.314. The van der Waals surface area contributed by atoms with Crippen molar-refractivity contribution in [2.45, 2.75) is 13.3 Å². The van der Waals surface area contributed by atoms with Gasteiger partial charge in [-0.1, -0.05) is 12.1 Å². The first kappa shape index (κ1) is 13.5. The topological polar surface area (TPSA) is 118 Å². The zero-order chi connectivity index (χ0) is 14.9. The average molecular weight is 277 g/mol. The highest BCUT2D eigenvalue weighted by atomic mass is 16.6. The molecule has 1 aromatic heterocycles. The summed E-state index contributed by atoms with van der Waals surface area (Å²) in [5.74, 6) is -1.14. The molecule has 0 fully saturated rings. The molecular weight excluding hydrogens is 266 g/mol. The van der Waals surface area contributed by atoms with Crippen molar-refractivity contribution in [2.75, 3.05) is 0 Å². The lowest BCUT2D eigenvalue weighted by molar-refractivity contribution is -0.384. The largest absolute Gasteiger partial charge is 0.481 e. The van der Waals surface area contributed by atoms with Crippen molar-refractivity contribution in [1.29, 1.82) is 0 Å². The maximum Gasteiger partial charge on any atom is 0.308 e. The van der Waals surface area contributed by atoms with Crippen molar-refractivity contribution in [2.24, 2.45) is 0 Å². The van der Waals surface area contributed by atoms with Crippen LogP contribution in [-0.4, -0.2) is 25.8 Å². The molecule has 0 aliphatic heterocycles. The minimum absolute atomic E-state index is 0.0715. The zero-order valence-corrected chi connectivity index (χ0v) is 10.5. The quantitative estimate of drug-likeness (QED) is 0.638. The first-order valence-electron chi connectivity index (χ1n) is 5.68. The van der Waals surface area contributed by atoms with Crippen LogP contribution in [0.1, 0.15) is 11.3 Å². The highest BCUT2D eigenvalue weighted by Gasteiger charge is 2.20. The highest BCUT2D eigenvalue weighted by Crippen LogP contribution is 2.20. The van der Waals surface area contributed by atoms with Crippen molar-refractivity contribution in [3.63, 3.8) is 0 Å². The Morgan fingerprint density at radius 3 is 2.70 bits per heavy atom. The molecule has 1 aromatic carbocycles. The lowest BCUT2D eigenvalue weighted by Gasteiger charge is -2.02. The third-order valence-electron chi connectivity index (χ3n) is 2.84. The maximum absolute atomic E-state index is 12.1. The van der Waals surface area contributed by atoms with Crippen LogP contribution in [0.2, 0.25) is 0 Å². The Morgan fingerprint density at radius 2 is 2.10 bits per heavy atom. The molecule has 20 heavy (non-hydrogen) atoms. The van der Waals surface area contributed by atoms with Gasteiger partial charge in [-0.25, -0.2) is 4.68 Å². The van der Waals surface area contributed by atoms with Gasteiger partial charge in [0.25, 0.3) is 11.2 Å². The smallest absolute Gasteiger partial charge is 0.308 e. The van der Waals surface area contributed by atoms with Crippen molar-refractivity contribution in [1.82, 2.24) is 9.78 Å². The van der Waals surface area contributed by atoms with Crippen LogP contribution in [0.15, 0.2) is 29.1 Å². The number of carboxylic acids is 1. The fourth-order valence-electron chi connectivity index (χ4n) is 1.92. The number of benzene rings is 1. The van der Waals surface area contributed by atoms with Crippen LogP contribution in [0.4, 0.5) is 5.69 Å². The second-order valence-electron chi connectivity index (χ2n) is 4.17. The molecule has 2 rings (SSSR count). The van der Waals surface area contributed by atoms with Gasteiger partial charge in [-0.3, -0.25) is 24.8 Å². The number of carboxylic acid groups (broad SMARTS) is 1. The second-order valence-corrected chi connectivity index (χ2v) is 4.17. The molecule has 0 radical (unpaired) electrons. The van der Waals surface area contributed by atoms with Crippen molar-refractivity contribution in [3.8, 4) is 5.69 Å². The van der Waals surface area contributed by atoms with Crippen LogP contribution in [0.5, 0.6) is 0 Å².